The molecule has 1 aliphatic heterocycles. The summed E-state index contributed by atoms with van der Waals surface area (Å²) in [7, 11) is 1.34. The number of carbonyl (C=O) groups excluding carboxylic acids is 3. The molecule has 1 aromatic rings. The first-order chi connectivity index (χ1) is 11.9. The molecule has 7 heteroatoms. The molecule has 0 bridgehead atoms. The lowest BCUT2D eigenvalue weighted by Gasteiger charge is -2.26. The molecule has 0 aliphatic carbocycles. The molecule has 0 aromatic heterocycles. The predicted octanol–water partition coefficient (Wildman–Crippen LogP) is 2.46. The van der Waals surface area contributed by atoms with E-state index < -0.39 is 11.8 Å². The Bertz CT molecular complexity index is 664. The number of hydrogen-bond donors (Lipinski definition) is 0. The number of benzene rings is 1. The standard InChI is InChI=1S/C18H23BrN2O4/c1-4-20(10-12(2)18(24)25-3)17(23)13-8-16(22)21(11-13)15-7-5-6-14(19)9-15/h5-7,9,12-13H,4,8,10-11H2,1-3H3. The molecule has 2 unspecified atom stereocenters. The molecule has 2 rings (SSSR count). The van der Waals surface area contributed by atoms with Crippen LogP contribution in [0.4, 0.5) is 5.69 Å². The molecule has 2 amide bonds. The Hall–Kier alpha value is -1.89. The van der Waals surface area contributed by atoms with Gasteiger partial charge >= 0.3 is 5.97 Å². The van der Waals surface area contributed by atoms with Gasteiger partial charge in [-0.25, -0.2) is 0 Å². The number of esters is 1. The number of halogens is 1. The van der Waals surface area contributed by atoms with Crippen molar-refractivity contribution < 1.29 is 19.1 Å². The topological polar surface area (TPSA) is 66.9 Å². The Morgan fingerprint density at radius 1 is 1.44 bits per heavy atom. The van der Waals surface area contributed by atoms with E-state index in [-0.39, 0.29) is 24.2 Å². The average Bonchev–Trinajstić information content (AvgIpc) is 2.99. The molecule has 1 heterocycles. The molecular formula is C18H23BrN2O4. The van der Waals surface area contributed by atoms with E-state index in [4.69, 9.17) is 4.74 Å². The van der Waals surface area contributed by atoms with Crippen LogP contribution in [-0.4, -0.2) is 49.4 Å². The minimum absolute atomic E-state index is 0.0616. The molecule has 0 spiro atoms. The lowest BCUT2D eigenvalue weighted by molar-refractivity contribution is -0.147. The molecule has 25 heavy (non-hydrogen) atoms. The fraction of sp³-hybridized carbons (Fsp3) is 0.500. The van der Waals surface area contributed by atoms with E-state index in [1.807, 2.05) is 31.2 Å². The summed E-state index contributed by atoms with van der Waals surface area (Å²) in [5.41, 5.74) is 0.778. The molecule has 0 N–H and O–H groups in total. The van der Waals surface area contributed by atoms with Crippen LogP contribution in [0.3, 0.4) is 0 Å². The van der Waals surface area contributed by atoms with Gasteiger partial charge in [-0.2, -0.15) is 0 Å². The van der Waals surface area contributed by atoms with Crippen molar-refractivity contribution in [3.63, 3.8) is 0 Å². The van der Waals surface area contributed by atoms with Crippen molar-refractivity contribution in [3.05, 3.63) is 28.7 Å². The van der Waals surface area contributed by atoms with Gasteiger partial charge in [0.1, 0.15) is 0 Å². The summed E-state index contributed by atoms with van der Waals surface area (Å²) in [6, 6.07) is 7.46. The Labute approximate surface area is 156 Å². The Kier molecular flexibility index (Phi) is 6.58. The molecule has 6 nitrogen and oxygen atoms in total. The quantitative estimate of drug-likeness (QED) is 0.675. The van der Waals surface area contributed by atoms with Crippen molar-refractivity contribution >= 4 is 39.4 Å². The fourth-order valence-corrected chi connectivity index (χ4v) is 3.39. The van der Waals surface area contributed by atoms with Crippen molar-refractivity contribution in [2.24, 2.45) is 11.8 Å². The highest BCUT2D eigenvalue weighted by atomic mass is 79.9. The van der Waals surface area contributed by atoms with Gasteiger partial charge in [0, 0.05) is 36.2 Å². The van der Waals surface area contributed by atoms with Gasteiger partial charge in [0.25, 0.3) is 0 Å². The smallest absolute Gasteiger partial charge is 0.310 e. The average molecular weight is 411 g/mol. The maximum absolute atomic E-state index is 12.8. The summed E-state index contributed by atoms with van der Waals surface area (Å²) in [5.74, 6) is -1.29. The highest BCUT2D eigenvalue weighted by molar-refractivity contribution is 9.10. The van der Waals surface area contributed by atoms with Crippen LogP contribution < -0.4 is 4.90 Å². The Balaban J connectivity index is 2.07. The molecule has 0 saturated carbocycles. The highest BCUT2D eigenvalue weighted by Crippen LogP contribution is 2.28. The fourth-order valence-electron chi connectivity index (χ4n) is 3.01. The second-order valence-corrected chi connectivity index (χ2v) is 7.10. The lowest BCUT2D eigenvalue weighted by Crippen LogP contribution is -2.41. The third kappa shape index (κ3) is 4.60. The summed E-state index contributed by atoms with van der Waals surface area (Å²) in [5, 5.41) is 0. The summed E-state index contributed by atoms with van der Waals surface area (Å²) < 4.78 is 5.61. The zero-order chi connectivity index (χ0) is 18.6. The minimum atomic E-state index is -0.396. The molecule has 2 atom stereocenters. The largest absolute Gasteiger partial charge is 0.469 e. The Morgan fingerprint density at radius 3 is 2.76 bits per heavy atom. The normalized spacial score (nSPS) is 18.2. The first-order valence-corrected chi connectivity index (χ1v) is 9.09. The van der Waals surface area contributed by atoms with Gasteiger partial charge in [-0.3, -0.25) is 14.4 Å². The lowest BCUT2D eigenvalue weighted by atomic mass is 10.1. The van der Waals surface area contributed by atoms with Gasteiger partial charge in [-0.1, -0.05) is 28.9 Å². The number of nitrogens with zero attached hydrogens (tertiary/aromatic N) is 2. The number of rotatable bonds is 6. The summed E-state index contributed by atoms with van der Waals surface area (Å²) in [6.45, 7) is 4.74. The van der Waals surface area contributed by atoms with Crippen LogP contribution in [0.15, 0.2) is 28.7 Å². The maximum Gasteiger partial charge on any atom is 0.310 e. The molecule has 1 aliphatic rings. The third-order valence-corrected chi connectivity index (χ3v) is 4.88. The van der Waals surface area contributed by atoms with Crippen LogP contribution in [0, 0.1) is 11.8 Å². The van der Waals surface area contributed by atoms with Crippen LogP contribution >= 0.6 is 15.9 Å². The molecule has 1 aromatic carbocycles. The summed E-state index contributed by atoms with van der Waals surface area (Å²) >= 11 is 3.40. The van der Waals surface area contributed by atoms with Gasteiger partial charge in [-0.05, 0) is 25.1 Å². The zero-order valence-electron chi connectivity index (χ0n) is 14.7. The SMILES string of the molecule is CCN(CC(C)C(=O)OC)C(=O)C1CC(=O)N(c2cccc(Br)c2)C1. The first kappa shape index (κ1) is 19.4. The van der Waals surface area contributed by atoms with E-state index in [0.29, 0.717) is 19.6 Å². The van der Waals surface area contributed by atoms with Gasteiger partial charge in [-0.15, -0.1) is 0 Å². The number of carbonyl (C=O) groups is 3. The molecule has 0 radical (unpaired) electrons. The van der Waals surface area contributed by atoms with Crippen molar-refractivity contribution in [1.82, 2.24) is 4.90 Å². The van der Waals surface area contributed by atoms with Crippen LogP contribution in [0.1, 0.15) is 20.3 Å². The van der Waals surface area contributed by atoms with E-state index in [9.17, 15) is 14.4 Å². The van der Waals surface area contributed by atoms with E-state index in [1.165, 1.54) is 7.11 Å². The Morgan fingerprint density at radius 2 is 2.16 bits per heavy atom. The second kappa shape index (κ2) is 8.47. The van der Waals surface area contributed by atoms with Crippen LogP contribution in [-0.2, 0) is 19.1 Å². The summed E-state index contributed by atoms with van der Waals surface area (Å²) in [6.07, 6.45) is 0.189. The van der Waals surface area contributed by atoms with Crippen molar-refractivity contribution in [2.45, 2.75) is 20.3 Å². The molecular weight excluding hydrogens is 388 g/mol. The number of methoxy groups -OCH3 is 1. The van der Waals surface area contributed by atoms with Gasteiger partial charge in [0.15, 0.2) is 0 Å². The maximum atomic E-state index is 12.8. The molecule has 1 saturated heterocycles. The minimum Gasteiger partial charge on any atom is -0.469 e. The molecule has 1 fully saturated rings. The van der Waals surface area contributed by atoms with Crippen molar-refractivity contribution in [2.75, 3.05) is 31.6 Å². The first-order valence-electron chi connectivity index (χ1n) is 8.29. The number of anilines is 1. The third-order valence-electron chi connectivity index (χ3n) is 4.39. The summed E-state index contributed by atoms with van der Waals surface area (Å²) in [4.78, 5) is 40.0. The van der Waals surface area contributed by atoms with E-state index >= 15 is 0 Å². The van der Waals surface area contributed by atoms with E-state index in [1.54, 1.807) is 16.7 Å². The van der Waals surface area contributed by atoms with E-state index in [0.717, 1.165) is 10.2 Å². The van der Waals surface area contributed by atoms with Crippen molar-refractivity contribution in [1.29, 1.82) is 0 Å². The van der Waals surface area contributed by atoms with Crippen LogP contribution in [0.25, 0.3) is 0 Å². The number of amides is 2. The molecule has 136 valence electrons. The number of ether oxygens (including phenoxy) is 1. The monoisotopic (exact) mass is 410 g/mol. The highest BCUT2D eigenvalue weighted by Gasteiger charge is 2.37. The van der Waals surface area contributed by atoms with Gasteiger partial charge < -0.3 is 14.5 Å². The van der Waals surface area contributed by atoms with Gasteiger partial charge in [0.05, 0.1) is 18.9 Å². The van der Waals surface area contributed by atoms with Crippen molar-refractivity contribution in [3.8, 4) is 0 Å². The van der Waals surface area contributed by atoms with Gasteiger partial charge in [0.2, 0.25) is 11.8 Å². The van der Waals surface area contributed by atoms with E-state index in [2.05, 4.69) is 15.9 Å². The predicted molar refractivity (Wildman–Crippen MR) is 98.0 cm³/mol. The zero-order valence-corrected chi connectivity index (χ0v) is 16.3. The number of hydrogen-bond acceptors (Lipinski definition) is 4. The van der Waals surface area contributed by atoms with Crippen LogP contribution in [0.2, 0.25) is 0 Å². The van der Waals surface area contributed by atoms with Crippen LogP contribution in [0.5, 0.6) is 0 Å². The second-order valence-electron chi connectivity index (χ2n) is 6.19.